The molecule has 1 aromatic rings. The summed E-state index contributed by atoms with van der Waals surface area (Å²) in [6.07, 6.45) is 0. The Morgan fingerprint density at radius 1 is 1.67 bits per heavy atom. The fraction of sp³-hybridized carbons (Fsp3) is 0.300. The maximum atomic E-state index is 10.5. The van der Waals surface area contributed by atoms with Crippen LogP contribution < -0.4 is 11.1 Å². The molecule has 0 spiro atoms. The number of hydrogen-bond donors (Lipinski definition) is 3. The zero-order chi connectivity index (χ0) is 11.4. The first-order valence-corrected chi connectivity index (χ1v) is 4.87. The highest BCUT2D eigenvalue weighted by Gasteiger charge is 2.11. The Bertz CT molecular complexity index is 368. The van der Waals surface area contributed by atoms with Crippen LogP contribution in [0.4, 0.5) is 5.69 Å². The van der Waals surface area contributed by atoms with Crippen LogP contribution in [0.3, 0.4) is 0 Å². The van der Waals surface area contributed by atoms with Crippen molar-refractivity contribution in [2.24, 2.45) is 5.73 Å². The number of nitrogens with one attached hydrogen (secondary N) is 1. The number of halogens is 1. The molecule has 82 valence electrons. The summed E-state index contributed by atoms with van der Waals surface area (Å²) in [7, 11) is 0. The number of benzene rings is 1. The first-order valence-electron chi connectivity index (χ1n) is 4.49. The lowest BCUT2D eigenvalue weighted by atomic mass is 10.2. The number of rotatable bonds is 4. The Morgan fingerprint density at radius 3 is 2.87 bits per heavy atom. The molecule has 1 rings (SSSR count). The first-order chi connectivity index (χ1) is 7.00. The van der Waals surface area contributed by atoms with E-state index in [0.29, 0.717) is 10.7 Å². The summed E-state index contributed by atoms with van der Waals surface area (Å²) < 4.78 is 0. The van der Waals surface area contributed by atoms with Gasteiger partial charge in [0.05, 0.1) is 10.7 Å². The highest BCUT2D eigenvalue weighted by atomic mass is 35.5. The molecule has 5 heteroatoms. The number of carboxylic acids is 1. The molecule has 0 radical (unpaired) electrons. The molecule has 1 aromatic carbocycles. The molecular formula is C10H13ClN2O2. The normalized spacial score (nSPS) is 12.2. The predicted octanol–water partition coefficient (Wildman–Crippen LogP) is 1.47. The lowest BCUT2D eigenvalue weighted by Crippen LogP contribution is -2.36. The average Bonchev–Trinajstić information content (AvgIpc) is 2.15. The van der Waals surface area contributed by atoms with Crippen LogP contribution in [-0.2, 0) is 4.79 Å². The van der Waals surface area contributed by atoms with Crippen molar-refractivity contribution in [1.82, 2.24) is 0 Å². The average molecular weight is 229 g/mol. The van der Waals surface area contributed by atoms with Gasteiger partial charge in [-0.3, -0.25) is 4.79 Å². The van der Waals surface area contributed by atoms with Crippen molar-refractivity contribution in [3.05, 3.63) is 28.8 Å². The fourth-order valence-electron chi connectivity index (χ4n) is 1.07. The van der Waals surface area contributed by atoms with Crippen molar-refractivity contribution in [3.63, 3.8) is 0 Å². The van der Waals surface area contributed by atoms with Crippen LogP contribution in [-0.4, -0.2) is 23.7 Å². The molecular weight excluding hydrogens is 216 g/mol. The van der Waals surface area contributed by atoms with Gasteiger partial charge in [0.1, 0.15) is 6.04 Å². The molecule has 0 aliphatic heterocycles. The van der Waals surface area contributed by atoms with Crippen LogP contribution in [0, 0.1) is 6.92 Å². The lowest BCUT2D eigenvalue weighted by Gasteiger charge is -2.11. The van der Waals surface area contributed by atoms with Crippen LogP contribution in [0.25, 0.3) is 0 Å². The van der Waals surface area contributed by atoms with E-state index in [1.807, 2.05) is 13.0 Å². The summed E-state index contributed by atoms with van der Waals surface area (Å²) in [6.45, 7) is 2.08. The number of carboxylic acid groups (broad SMARTS) is 1. The molecule has 0 fully saturated rings. The van der Waals surface area contributed by atoms with E-state index in [1.165, 1.54) is 0 Å². The molecule has 0 aliphatic carbocycles. The zero-order valence-corrected chi connectivity index (χ0v) is 9.08. The maximum absolute atomic E-state index is 10.5. The number of nitrogens with two attached hydrogens (primary N) is 1. The molecule has 1 atom stereocenters. The van der Waals surface area contributed by atoms with Crippen LogP contribution in [0.2, 0.25) is 5.02 Å². The monoisotopic (exact) mass is 228 g/mol. The Kier molecular flexibility index (Phi) is 3.94. The van der Waals surface area contributed by atoms with E-state index in [0.717, 1.165) is 5.56 Å². The smallest absolute Gasteiger partial charge is 0.322 e. The molecule has 1 unspecified atom stereocenters. The topological polar surface area (TPSA) is 75.3 Å². The van der Waals surface area contributed by atoms with Crippen LogP contribution >= 0.6 is 11.6 Å². The van der Waals surface area contributed by atoms with Crippen molar-refractivity contribution >= 4 is 23.3 Å². The van der Waals surface area contributed by atoms with Gasteiger partial charge in [-0.1, -0.05) is 17.7 Å². The summed E-state index contributed by atoms with van der Waals surface area (Å²) in [5, 5.41) is 12.0. The molecule has 4 nitrogen and oxygen atoms in total. The lowest BCUT2D eigenvalue weighted by molar-refractivity contribution is -0.138. The number of anilines is 1. The van der Waals surface area contributed by atoms with E-state index < -0.39 is 12.0 Å². The van der Waals surface area contributed by atoms with Gasteiger partial charge in [0.25, 0.3) is 0 Å². The van der Waals surface area contributed by atoms with E-state index >= 15 is 0 Å². The molecule has 0 bridgehead atoms. The second-order valence-corrected chi connectivity index (χ2v) is 3.72. The molecule has 0 saturated heterocycles. The van der Waals surface area contributed by atoms with Gasteiger partial charge in [-0.25, -0.2) is 0 Å². The number of aryl methyl sites for hydroxylation is 1. The maximum Gasteiger partial charge on any atom is 0.322 e. The minimum absolute atomic E-state index is 0.151. The predicted molar refractivity (Wildman–Crippen MR) is 60.3 cm³/mol. The second-order valence-electron chi connectivity index (χ2n) is 3.31. The van der Waals surface area contributed by atoms with Crippen LogP contribution in [0.15, 0.2) is 18.2 Å². The second kappa shape index (κ2) is 5.00. The number of carbonyl (C=O) groups is 1. The van der Waals surface area contributed by atoms with Gasteiger partial charge >= 0.3 is 5.97 Å². The number of hydrogen-bond acceptors (Lipinski definition) is 3. The molecule has 15 heavy (non-hydrogen) atoms. The van der Waals surface area contributed by atoms with Gasteiger partial charge in [0, 0.05) is 6.54 Å². The number of aliphatic carboxylic acids is 1. The highest BCUT2D eigenvalue weighted by molar-refractivity contribution is 6.33. The Labute approximate surface area is 93.0 Å². The molecule has 0 heterocycles. The van der Waals surface area contributed by atoms with Gasteiger partial charge in [0.15, 0.2) is 0 Å². The van der Waals surface area contributed by atoms with Gasteiger partial charge in [-0.2, -0.15) is 0 Å². The molecule has 0 aromatic heterocycles. The molecule has 0 amide bonds. The summed E-state index contributed by atoms with van der Waals surface area (Å²) in [6, 6.07) is 4.56. The van der Waals surface area contributed by atoms with Crippen molar-refractivity contribution in [1.29, 1.82) is 0 Å². The van der Waals surface area contributed by atoms with Crippen molar-refractivity contribution in [3.8, 4) is 0 Å². The third-order valence-corrected chi connectivity index (χ3v) is 2.27. The van der Waals surface area contributed by atoms with E-state index in [9.17, 15) is 4.79 Å². The molecule has 0 aliphatic rings. The fourth-order valence-corrected chi connectivity index (χ4v) is 1.37. The van der Waals surface area contributed by atoms with Crippen molar-refractivity contribution in [2.45, 2.75) is 13.0 Å². The minimum atomic E-state index is -1.04. The van der Waals surface area contributed by atoms with Gasteiger partial charge in [-0.15, -0.1) is 0 Å². The Morgan fingerprint density at radius 2 is 2.33 bits per heavy atom. The van der Waals surface area contributed by atoms with E-state index in [-0.39, 0.29) is 6.54 Å². The van der Waals surface area contributed by atoms with Gasteiger partial charge < -0.3 is 16.2 Å². The molecule has 0 saturated carbocycles. The third-order valence-electron chi connectivity index (χ3n) is 1.95. The van der Waals surface area contributed by atoms with Crippen molar-refractivity contribution < 1.29 is 9.90 Å². The Hall–Kier alpha value is -1.26. The van der Waals surface area contributed by atoms with E-state index in [2.05, 4.69) is 5.32 Å². The summed E-state index contributed by atoms with van der Waals surface area (Å²) in [4.78, 5) is 10.5. The SMILES string of the molecule is Cc1ccc(NCC(N)C(=O)O)c(Cl)c1. The largest absolute Gasteiger partial charge is 0.480 e. The summed E-state index contributed by atoms with van der Waals surface area (Å²) in [5.41, 5.74) is 7.08. The Balaban J connectivity index is 2.62. The third kappa shape index (κ3) is 3.42. The van der Waals surface area contributed by atoms with Crippen molar-refractivity contribution in [2.75, 3.05) is 11.9 Å². The first kappa shape index (κ1) is 11.8. The minimum Gasteiger partial charge on any atom is -0.480 e. The van der Waals surface area contributed by atoms with Crippen LogP contribution in [0.5, 0.6) is 0 Å². The summed E-state index contributed by atoms with van der Waals surface area (Å²) >= 11 is 5.94. The highest BCUT2D eigenvalue weighted by Crippen LogP contribution is 2.22. The zero-order valence-electron chi connectivity index (χ0n) is 8.33. The van der Waals surface area contributed by atoms with E-state index in [1.54, 1.807) is 12.1 Å². The van der Waals surface area contributed by atoms with Gasteiger partial charge in [-0.05, 0) is 24.6 Å². The van der Waals surface area contributed by atoms with Gasteiger partial charge in [0.2, 0.25) is 0 Å². The van der Waals surface area contributed by atoms with E-state index in [4.69, 9.17) is 22.4 Å². The van der Waals surface area contributed by atoms with Crippen LogP contribution in [0.1, 0.15) is 5.56 Å². The quantitative estimate of drug-likeness (QED) is 0.730. The molecule has 4 N–H and O–H groups in total. The standard InChI is InChI=1S/C10H13ClN2O2/c1-6-2-3-9(7(11)4-6)13-5-8(12)10(14)15/h2-4,8,13H,5,12H2,1H3,(H,14,15). The summed E-state index contributed by atoms with van der Waals surface area (Å²) in [5.74, 6) is -1.04.